The maximum Gasteiger partial charge on any atom is 0.168 e. The average molecular weight is 428 g/mol. The number of phenolic OH excluding ortho intramolecular Hbond substituents is 1. The summed E-state index contributed by atoms with van der Waals surface area (Å²) < 4.78 is 1.75. The van der Waals surface area contributed by atoms with Gasteiger partial charge in [-0.15, -0.1) is 5.10 Å². The first kappa shape index (κ1) is 19.4. The molecular formula is C25H24N4O3. The molecule has 0 radical (unpaired) electrons. The third-order valence-electron chi connectivity index (χ3n) is 8.01. The summed E-state index contributed by atoms with van der Waals surface area (Å²) in [5.74, 6) is -0.0807. The normalized spacial score (nSPS) is 30.4. The molecule has 2 saturated carbocycles. The molecular weight excluding hydrogens is 404 g/mol. The summed E-state index contributed by atoms with van der Waals surface area (Å²) in [6.07, 6.45) is 5.16. The van der Waals surface area contributed by atoms with E-state index in [0.29, 0.717) is 37.1 Å². The van der Waals surface area contributed by atoms with Crippen molar-refractivity contribution in [1.82, 2.24) is 20.0 Å². The second-order valence-electron chi connectivity index (χ2n) is 9.45. The maximum atomic E-state index is 13.7. The molecule has 2 aromatic heterocycles. The van der Waals surface area contributed by atoms with Crippen LogP contribution in [0.4, 0.5) is 0 Å². The lowest BCUT2D eigenvalue weighted by Crippen LogP contribution is -2.41. The summed E-state index contributed by atoms with van der Waals surface area (Å²) >= 11 is 0. The fraction of sp³-hybridized carbons (Fsp3) is 0.360. The Bertz CT molecular complexity index is 1280. The molecule has 2 N–H and O–H groups in total. The van der Waals surface area contributed by atoms with Gasteiger partial charge in [-0.25, -0.2) is 0 Å². The van der Waals surface area contributed by atoms with E-state index in [1.54, 1.807) is 16.9 Å². The number of aromatic hydroxyl groups is 1. The van der Waals surface area contributed by atoms with Crippen LogP contribution in [0.2, 0.25) is 0 Å². The number of carbonyl (C=O) groups is 1. The van der Waals surface area contributed by atoms with Gasteiger partial charge in [-0.1, -0.05) is 23.9 Å². The van der Waals surface area contributed by atoms with Gasteiger partial charge < -0.3 is 10.2 Å². The molecule has 7 nitrogen and oxygen atoms in total. The van der Waals surface area contributed by atoms with Gasteiger partial charge in [0.2, 0.25) is 0 Å². The lowest BCUT2D eigenvalue weighted by atomic mass is 9.62. The predicted molar refractivity (Wildman–Crippen MR) is 117 cm³/mol. The maximum absolute atomic E-state index is 13.7. The van der Waals surface area contributed by atoms with Crippen molar-refractivity contribution in [3.63, 3.8) is 0 Å². The molecule has 162 valence electrons. The lowest BCUT2D eigenvalue weighted by Gasteiger charge is -2.41. The summed E-state index contributed by atoms with van der Waals surface area (Å²) in [6.45, 7) is 6.32. The third kappa shape index (κ3) is 2.34. The van der Waals surface area contributed by atoms with Gasteiger partial charge in [-0.2, -0.15) is 0 Å². The highest BCUT2D eigenvalue weighted by Gasteiger charge is 2.69. The molecule has 3 aromatic rings. The van der Waals surface area contributed by atoms with E-state index in [2.05, 4.69) is 21.9 Å². The van der Waals surface area contributed by atoms with Gasteiger partial charge in [0.15, 0.2) is 5.78 Å². The molecule has 32 heavy (non-hydrogen) atoms. The molecule has 1 spiro atoms. The standard InChI is InChI=1S/C25H24N4O3/c1-14-21(30)7-6-16-17-8-9-24(32)13-25(17,23(31)15(24)2)18(22(14)16)11-29-12-20(27-28-29)19-5-3-4-10-26-19/h3-7,10,12,17-18,30,32H,2,8-9,11,13H2,1H3/t17-,18-,24-,25+/m0/s1. The molecule has 0 saturated heterocycles. The molecule has 2 fully saturated rings. The minimum atomic E-state index is -1.15. The van der Waals surface area contributed by atoms with Crippen molar-refractivity contribution in [3.05, 3.63) is 71.6 Å². The number of fused-ring (bicyclic) bond motifs is 3. The Kier molecular flexibility index (Phi) is 3.85. The highest BCUT2D eigenvalue weighted by atomic mass is 16.3. The van der Waals surface area contributed by atoms with E-state index in [0.717, 1.165) is 22.4 Å². The monoisotopic (exact) mass is 428 g/mol. The van der Waals surface area contributed by atoms with Gasteiger partial charge in [-0.3, -0.25) is 14.5 Å². The number of ketones is 1. The van der Waals surface area contributed by atoms with Gasteiger partial charge in [-0.05, 0) is 67.0 Å². The Balaban J connectivity index is 1.49. The van der Waals surface area contributed by atoms with Crippen molar-refractivity contribution in [2.45, 2.75) is 50.2 Å². The molecule has 3 aliphatic rings. The Morgan fingerprint density at radius 3 is 2.88 bits per heavy atom. The van der Waals surface area contributed by atoms with E-state index in [1.165, 1.54) is 0 Å². The first-order valence-corrected chi connectivity index (χ1v) is 11.0. The number of hydrogen-bond donors (Lipinski definition) is 2. The molecule has 0 amide bonds. The Morgan fingerprint density at radius 2 is 2.09 bits per heavy atom. The zero-order chi connectivity index (χ0) is 22.3. The number of aliphatic hydroxyl groups is 1. The summed E-state index contributed by atoms with van der Waals surface area (Å²) in [6, 6.07) is 9.29. The zero-order valence-corrected chi connectivity index (χ0v) is 17.8. The highest BCUT2D eigenvalue weighted by molar-refractivity contribution is 6.06. The lowest BCUT2D eigenvalue weighted by molar-refractivity contribution is -0.126. The molecule has 6 rings (SSSR count). The molecule has 3 aliphatic carbocycles. The van der Waals surface area contributed by atoms with E-state index < -0.39 is 11.0 Å². The molecule has 7 heteroatoms. The number of pyridine rings is 1. The highest BCUT2D eigenvalue weighted by Crippen LogP contribution is 2.70. The van der Waals surface area contributed by atoms with Gasteiger partial charge >= 0.3 is 0 Å². The quantitative estimate of drug-likeness (QED) is 0.621. The van der Waals surface area contributed by atoms with Crippen LogP contribution in [0.25, 0.3) is 11.4 Å². The van der Waals surface area contributed by atoms with Crippen molar-refractivity contribution in [2.75, 3.05) is 0 Å². The largest absolute Gasteiger partial charge is 0.508 e. The van der Waals surface area contributed by atoms with Crippen molar-refractivity contribution < 1.29 is 15.0 Å². The second-order valence-corrected chi connectivity index (χ2v) is 9.45. The van der Waals surface area contributed by atoms with Crippen LogP contribution in [0, 0.1) is 12.3 Å². The Labute approximate surface area is 185 Å². The number of nitrogens with zero attached hydrogens (tertiary/aromatic N) is 4. The third-order valence-corrected chi connectivity index (χ3v) is 8.01. The SMILES string of the molecule is C=C1C(=O)[C@]23C[C@@]1(O)CC[C@H]2c1ccc(O)c(C)c1[C@@H]3Cn1cc(-c2ccccn2)nn1. The van der Waals surface area contributed by atoms with E-state index in [1.807, 2.05) is 37.4 Å². The average Bonchev–Trinajstić information content (AvgIpc) is 3.41. The van der Waals surface area contributed by atoms with Crippen LogP contribution in [0.15, 0.2) is 54.9 Å². The van der Waals surface area contributed by atoms with Crippen LogP contribution < -0.4 is 0 Å². The Hall–Kier alpha value is -3.32. The number of aromatic nitrogens is 4. The molecule has 1 aromatic carbocycles. The number of carbonyl (C=O) groups excluding carboxylic acids is 1. The molecule has 0 aliphatic heterocycles. The van der Waals surface area contributed by atoms with Gasteiger partial charge in [0.05, 0.1) is 29.5 Å². The van der Waals surface area contributed by atoms with Crippen molar-refractivity contribution in [1.29, 1.82) is 0 Å². The minimum absolute atomic E-state index is 0.00685. The minimum Gasteiger partial charge on any atom is -0.508 e. The van der Waals surface area contributed by atoms with Gasteiger partial charge in [0.25, 0.3) is 0 Å². The number of Topliss-reactive ketones (excluding diaryl/α,β-unsaturated/α-hetero) is 1. The van der Waals surface area contributed by atoms with E-state index in [4.69, 9.17) is 0 Å². The predicted octanol–water partition coefficient (Wildman–Crippen LogP) is 3.28. The molecule has 4 atom stereocenters. The fourth-order valence-corrected chi connectivity index (χ4v) is 6.50. The summed E-state index contributed by atoms with van der Waals surface area (Å²) in [5, 5.41) is 30.3. The fourth-order valence-electron chi connectivity index (χ4n) is 6.50. The number of rotatable bonds is 3. The molecule has 2 bridgehead atoms. The van der Waals surface area contributed by atoms with Crippen molar-refractivity contribution >= 4 is 5.78 Å². The summed E-state index contributed by atoms with van der Waals surface area (Å²) in [7, 11) is 0. The Morgan fingerprint density at radius 1 is 1.25 bits per heavy atom. The molecule has 0 unspecified atom stereocenters. The summed E-state index contributed by atoms with van der Waals surface area (Å²) in [5.41, 5.74) is 2.67. The van der Waals surface area contributed by atoms with Crippen molar-refractivity contribution in [3.8, 4) is 17.1 Å². The van der Waals surface area contributed by atoms with Crippen LogP contribution in [0.1, 0.15) is 47.8 Å². The van der Waals surface area contributed by atoms with Crippen LogP contribution >= 0.6 is 0 Å². The molecule has 2 heterocycles. The second kappa shape index (κ2) is 6.36. The van der Waals surface area contributed by atoms with Crippen LogP contribution in [-0.2, 0) is 11.3 Å². The van der Waals surface area contributed by atoms with Crippen LogP contribution in [-0.4, -0.2) is 41.6 Å². The summed E-state index contributed by atoms with van der Waals surface area (Å²) in [4.78, 5) is 18.1. The first-order valence-electron chi connectivity index (χ1n) is 11.0. The van der Waals surface area contributed by atoms with Gasteiger partial charge in [0.1, 0.15) is 11.4 Å². The number of phenols is 1. The number of benzene rings is 1. The topological polar surface area (TPSA) is 101 Å². The van der Waals surface area contributed by atoms with Crippen LogP contribution in [0.3, 0.4) is 0 Å². The van der Waals surface area contributed by atoms with Crippen molar-refractivity contribution in [2.24, 2.45) is 5.41 Å². The zero-order valence-electron chi connectivity index (χ0n) is 17.8. The first-order chi connectivity index (χ1) is 15.3. The van der Waals surface area contributed by atoms with E-state index >= 15 is 0 Å². The smallest absolute Gasteiger partial charge is 0.168 e. The van der Waals surface area contributed by atoms with Gasteiger partial charge in [0, 0.05) is 17.7 Å². The number of hydrogen-bond acceptors (Lipinski definition) is 6. The van der Waals surface area contributed by atoms with E-state index in [-0.39, 0.29) is 23.4 Å². The van der Waals surface area contributed by atoms with Crippen LogP contribution in [0.5, 0.6) is 5.75 Å². The van der Waals surface area contributed by atoms with E-state index in [9.17, 15) is 15.0 Å².